The zero-order valence-corrected chi connectivity index (χ0v) is 9.98. The monoisotopic (exact) mass is 234 g/mol. The average molecular weight is 234 g/mol. The van der Waals surface area contributed by atoms with Gasteiger partial charge in [-0.3, -0.25) is 4.79 Å². The van der Waals surface area contributed by atoms with Gasteiger partial charge in [0.25, 0.3) is 0 Å². The third-order valence-corrected chi connectivity index (χ3v) is 2.22. The Hall–Kier alpha value is -1.81. The number of methoxy groups -OCH3 is 1. The molecule has 0 radical (unpaired) electrons. The van der Waals surface area contributed by atoms with Gasteiger partial charge in [0.05, 0.1) is 7.11 Å². The van der Waals surface area contributed by atoms with Gasteiger partial charge in [0.15, 0.2) is 0 Å². The fourth-order valence-electron chi connectivity index (χ4n) is 1.26. The van der Waals surface area contributed by atoms with Gasteiger partial charge in [-0.1, -0.05) is 12.1 Å². The van der Waals surface area contributed by atoms with Crippen molar-refractivity contribution in [1.82, 2.24) is 5.32 Å². The number of carbonyl (C=O) groups is 1. The van der Waals surface area contributed by atoms with Gasteiger partial charge in [0, 0.05) is 12.6 Å². The summed E-state index contributed by atoms with van der Waals surface area (Å²) in [5.74, 6) is 0.698. The maximum absolute atomic E-state index is 11.4. The number of benzene rings is 1. The number of hydrogen-bond donors (Lipinski definition) is 2. The largest absolute Gasteiger partial charge is 0.497 e. The van der Waals surface area contributed by atoms with E-state index in [4.69, 9.17) is 10.5 Å². The van der Waals surface area contributed by atoms with E-state index in [1.54, 1.807) is 13.2 Å². The molecule has 0 spiro atoms. The molecule has 0 saturated carbocycles. The van der Waals surface area contributed by atoms with E-state index in [1.165, 1.54) is 6.08 Å². The summed E-state index contributed by atoms with van der Waals surface area (Å²) in [5, 5.41) is 2.75. The van der Waals surface area contributed by atoms with Gasteiger partial charge in [0.2, 0.25) is 5.91 Å². The van der Waals surface area contributed by atoms with E-state index in [0.29, 0.717) is 13.1 Å². The molecule has 17 heavy (non-hydrogen) atoms. The molecule has 0 bridgehead atoms. The minimum atomic E-state index is -0.103. The molecule has 0 aromatic heterocycles. The van der Waals surface area contributed by atoms with Gasteiger partial charge in [-0.2, -0.15) is 0 Å². The van der Waals surface area contributed by atoms with E-state index in [1.807, 2.05) is 24.3 Å². The highest BCUT2D eigenvalue weighted by Crippen LogP contribution is 2.11. The Morgan fingerprint density at radius 3 is 2.71 bits per heavy atom. The molecule has 0 saturated heterocycles. The third-order valence-electron chi connectivity index (χ3n) is 2.22. The second-order valence-corrected chi connectivity index (χ2v) is 3.54. The van der Waals surface area contributed by atoms with Crippen LogP contribution in [0.15, 0.2) is 30.3 Å². The summed E-state index contributed by atoms with van der Waals surface area (Å²) in [4.78, 5) is 11.4. The minimum absolute atomic E-state index is 0.103. The van der Waals surface area contributed by atoms with E-state index < -0.39 is 0 Å². The van der Waals surface area contributed by atoms with Gasteiger partial charge in [-0.05, 0) is 36.7 Å². The summed E-state index contributed by atoms with van der Waals surface area (Å²) in [6.07, 6.45) is 4.07. The topological polar surface area (TPSA) is 64.3 Å². The minimum Gasteiger partial charge on any atom is -0.497 e. The van der Waals surface area contributed by atoms with E-state index in [2.05, 4.69) is 5.32 Å². The highest BCUT2D eigenvalue weighted by atomic mass is 16.5. The van der Waals surface area contributed by atoms with Crippen molar-refractivity contribution in [3.8, 4) is 5.75 Å². The van der Waals surface area contributed by atoms with Crippen molar-refractivity contribution in [3.63, 3.8) is 0 Å². The summed E-state index contributed by atoms with van der Waals surface area (Å²) in [7, 11) is 1.62. The Labute approximate surface area is 101 Å². The summed E-state index contributed by atoms with van der Waals surface area (Å²) in [6, 6.07) is 7.49. The molecule has 0 heterocycles. The summed E-state index contributed by atoms with van der Waals surface area (Å²) in [5.41, 5.74) is 6.28. The van der Waals surface area contributed by atoms with Crippen LogP contribution >= 0.6 is 0 Å². The zero-order valence-electron chi connectivity index (χ0n) is 9.98. The number of ether oxygens (including phenoxy) is 1. The highest BCUT2D eigenvalue weighted by Gasteiger charge is 1.94. The Balaban J connectivity index is 2.43. The molecule has 1 aromatic carbocycles. The molecule has 0 aliphatic rings. The molecule has 0 aliphatic heterocycles. The molecule has 1 aromatic rings. The highest BCUT2D eigenvalue weighted by molar-refractivity contribution is 5.91. The molecular weight excluding hydrogens is 216 g/mol. The number of amides is 1. The Kier molecular flexibility index (Phi) is 5.82. The van der Waals surface area contributed by atoms with Crippen LogP contribution in [0.25, 0.3) is 6.08 Å². The molecule has 3 N–H and O–H groups in total. The molecule has 0 aliphatic carbocycles. The second kappa shape index (κ2) is 7.46. The smallest absolute Gasteiger partial charge is 0.243 e. The lowest BCUT2D eigenvalue weighted by molar-refractivity contribution is -0.116. The molecule has 0 unspecified atom stereocenters. The molecule has 4 nitrogen and oxygen atoms in total. The van der Waals surface area contributed by atoms with Gasteiger partial charge < -0.3 is 15.8 Å². The van der Waals surface area contributed by atoms with Gasteiger partial charge in [0.1, 0.15) is 5.75 Å². The van der Waals surface area contributed by atoms with Crippen LogP contribution in [0.4, 0.5) is 0 Å². The predicted molar refractivity (Wildman–Crippen MR) is 68.7 cm³/mol. The van der Waals surface area contributed by atoms with Crippen LogP contribution in [0.2, 0.25) is 0 Å². The quantitative estimate of drug-likeness (QED) is 0.573. The van der Waals surface area contributed by atoms with Gasteiger partial charge in [-0.15, -0.1) is 0 Å². The lowest BCUT2D eigenvalue weighted by Gasteiger charge is -2.00. The first-order valence-corrected chi connectivity index (χ1v) is 5.56. The van der Waals surface area contributed by atoms with E-state index in [-0.39, 0.29) is 5.91 Å². The summed E-state index contributed by atoms with van der Waals surface area (Å²) >= 11 is 0. The molecular formula is C13H18N2O2. The predicted octanol–water partition coefficient (Wildman–Crippen LogP) is 1.17. The number of rotatable bonds is 6. The van der Waals surface area contributed by atoms with Crippen molar-refractivity contribution < 1.29 is 9.53 Å². The lowest BCUT2D eigenvalue weighted by Crippen LogP contribution is -2.23. The fraction of sp³-hybridized carbons (Fsp3) is 0.308. The van der Waals surface area contributed by atoms with Crippen LogP contribution in [0.3, 0.4) is 0 Å². The summed E-state index contributed by atoms with van der Waals surface area (Å²) < 4.78 is 5.05. The maximum atomic E-state index is 11.4. The third kappa shape index (κ3) is 5.17. The van der Waals surface area contributed by atoms with Crippen LogP contribution < -0.4 is 15.8 Å². The number of nitrogens with one attached hydrogen (secondary N) is 1. The second-order valence-electron chi connectivity index (χ2n) is 3.54. The van der Waals surface area contributed by atoms with Crippen LogP contribution in [-0.2, 0) is 4.79 Å². The number of hydrogen-bond acceptors (Lipinski definition) is 3. The van der Waals surface area contributed by atoms with Crippen LogP contribution in [0.5, 0.6) is 5.75 Å². The van der Waals surface area contributed by atoms with Crippen LogP contribution in [0.1, 0.15) is 12.0 Å². The molecule has 4 heteroatoms. The Morgan fingerprint density at radius 2 is 2.12 bits per heavy atom. The fourth-order valence-corrected chi connectivity index (χ4v) is 1.26. The van der Waals surface area contributed by atoms with E-state index in [0.717, 1.165) is 17.7 Å². The Bertz CT molecular complexity index is 372. The van der Waals surface area contributed by atoms with Crippen LogP contribution in [0, 0.1) is 0 Å². The Morgan fingerprint density at radius 1 is 1.41 bits per heavy atom. The first-order valence-electron chi connectivity index (χ1n) is 5.56. The standard InChI is InChI=1S/C13H18N2O2/c1-17-12-6-3-11(4-7-12)5-8-13(16)15-10-2-9-14/h3-8H,2,9-10,14H2,1H3,(H,15,16)/b8-5+. The van der Waals surface area contributed by atoms with Crippen LogP contribution in [-0.4, -0.2) is 26.1 Å². The normalized spacial score (nSPS) is 10.5. The average Bonchev–Trinajstić information content (AvgIpc) is 2.37. The number of nitrogens with two attached hydrogens (primary N) is 1. The first-order chi connectivity index (χ1) is 8.26. The van der Waals surface area contributed by atoms with Crippen molar-refractivity contribution in [3.05, 3.63) is 35.9 Å². The van der Waals surface area contributed by atoms with Gasteiger partial charge in [-0.25, -0.2) is 0 Å². The van der Waals surface area contributed by atoms with Crippen molar-refractivity contribution >= 4 is 12.0 Å². The maximum Gasteiger partial charge on any atom is 0.243 e. The van der Waals surface area contributed by atoms with Gasteiger partial charge >= 0.3 is 0 Å². The SMILES string of the molecule is COc1ccc(/C=C/C(=O)NCCCN)cc1. The lowest BCUT2D eigenvalue weighted by atomic mass is 10.2. The first kappa shape index (κ1) is 13.3. The van der Waals surface area contributed by atoms with E-state index in [9.17, 15) is 4.79 Å². The zero-order chi connectivity index (χ0) is 12.5. The molecule has 0 fully saturated rings. The number of carbonyl (C=O) groups excluding carboxylic acids is 1. The molecule has 92 valence electrons. The summed E-state index contributed by atoms with van der Waals surface area (Å²) in [6.45, 7) is 1.20. The van der Waals surface area contributed by atoms with Crippen molar-refractivity contribution in [2.24, 2.45) is 5.73 Å². The van der Waals surface area contributed by atoms with Crippen molar-refractivity contribution in [2.75, 3.05) is 20.2 Å². The van der Waals surface area contributed by atoms with Crippen molar-refractivity contribution in [1.29, 1.82) is 0 Å². The van der Waals surface area contributed by atoms with E-state index >= 15 is 0 Å². The van der Waals surface area contributed by atoms with Crippen molar-refractivity contribution in [2.45, 2.75) is 6.42 Å². The molecule has 1 amide bonds. The molecule has 0 atom stereocenters. The molecule has 1 rings (SSSR count).